The van der Waals surface area contributed by atoms with Crippen LogP contribution < -0.4 is 4.74 Å². The quantitative estimate of drug-likeness (QED) is 0.276. The molecule has 0 saturated heterocycles. The molecular formula is C18H15NO4. The fourth-order valence-electron chi connectivity index (χ4n) is 1.84. The molecule has 116 valence electrons. The lowest BCUT2D eigenvalue weighted by molar-refractivity contribution is -0.422. The summed E-state index contributed by atoms with van der Waals surface area (Å²) in [4.78, 5) is 22.1. The second kappa shape index (κ2) is 7.70. The van der Waals surface area contributed by atoms with Crippen molar-refractivity contribution in [2.45, 2.75) is 6.92 Å². The van der Waals surface area contributed by atoms with Crippen molar-refractivity contribution in [1.29, 1.82) is 0 Å². The number of allylic oxidation sites excluding steroid dienone is 1. The number of carbonyl (C=O) groups excluding carboxylic acids is 1. The summed E-state index contributed by atoms with van der Waals surface area (Å²) in [6.45, 7) is 1.38. The summed E-state index contributed by atoms with van der Waals surface area (Å²) in [5, 5.41) is 10.7. The van der Waals surface area contributed by atoms with Crippen molar-refractivity contribution in [3.8, 4) is 5.75 Å². The molecule has 0 aliphatic heterocycles. The molecule has 0 spiro atoms. The highest BCUT2D eigenvalue weighted by Gasteiger charge is 2.08. The van der Waals surface area contributed by atoms with Gasteiger partial charge < -0.3 is 4.74 Å². The molecule has 0 bridgehead atoms. The summed E-state index contributed by atoms with van der Waals surface area (Å²) in [6.07, 6.45) is 4.32. The number of esters is 1. The molecule has 0 fully saturated rings. The fourth-order valence-corrected chi connectivity index (χ4v) is 1.84. The van der Waals surface area contributed by atoms with Gasteiger partial charge in [0.05, 0.1) is 4.92 Å². The van der Waals surface area contributed by atoms with Crippen LogP contribution in [0, 0.1) is 10.1 Å². The van der Waals surface area contributed by atoms with E-state index in [0.717, 1.165) is 5.56 Å². The normalized spacial score (nSPS) is 11.4. The maximum atomic E-state index is 11.9. The molecule has 2 rings (SSSR count). The molecule has 0 aliphatic rings. The van der Waals surface area contributed by atoms with Crippen LogP contribution in [0.4, 0.5) is 0 Å². The monoisotopic (exact) mass is 309 g/mol. The van der Waals surface area contributed by atoms with Crippen LogP contribution in [0.1, 0.15) is 18.1 Å². The van der Waals surface area contributed by atoms with Gasteiger partial charge >= 0.3 is 5.97 Å². The maximum Gasteiger partial charge on any atom is 0.336 e. The van der Waals surface area contributed by atoms with Crippen LogP contribution in [0.2, 0.25) is 0 Å². The third kappa shape index (κ3) is 4.93. The van der Waals surface area contributed by atoms with E-state index >= 15 is 0 Å². The minimum absolute atomic E-state index is 0.0340. The van der Waals surface area contributed by atoms with Gasteiger partial charge in [-0.3, -0.25) is 10.1 Å². The molecule has 0 saturated carbocycles. The van der Waals surface area contributed by atoms with E-state index in [1.807, 2.05) is 30.3 Å². The molecule has 5 heteroatoms. The van der Waals surface area contributed by atoms with Gasteiger partial charge in [-0.05, 0) is 17.7 Å². The van der Waals surface area contributed by atoms with E-state index in [0.29, 0.717) is 5.56 Å². The standard InChI is InChI=1S/C18H15NO4/c1-14(19(21)22)13-16-9-5-6-10-17(16)23-18(20)12-11-15-7-3-2-4-8-15/h2-13H,1H3/b12-11+,14-13+. The molecule has 0 unspecified atom stereocenters. The Morgan fingerprint density at radius 1 is 1.09 bits per heavy atom. The van der Waals surface area contributed by atoms with Crippen LogP contribution in [0.25, 0.3) is 12.2 Å². The van der Waals surface area contributed by atoms with Crippen molar-refractivity contribution in [3.05, 3.63) is 87.6 Å². The molecule has 0 heterocycles. The number of hydrogen-bond acceptors (Lipinski definition) is 4. The third-order valence-electron chi connectivity index (χ3n) is 2.99. The lowest BCUT2D eigenvalue weighted by atomic mass is 10.1. The van der Waals surface area contributed by atoms with Crippen molar-refractivity contribution in [1.82, 2.24) is 0 Å². The zero-order valence-corrected chi connectivity index (χ0v) is 12.5. The molecule has 0 aromatic heterocycles. The molecule has 0 radical (unpaired) electrons. The average molecular weight is 309 g/mol. The fraction of sp³-hybridized carbons (Fsp3) is 0.0556. The molecule has 0 atom stereocenters. The van der Waals surface area contributed by atoms with Gasteiger partial charge in [0.2, 0.25) is 5.70 Å². The number of carbonyl (C=O) groups is 1. The summed E-state index contributed by atoms with van der Waals surface area (Å²) in [5.41, 5.74) is 1.32. The summed E-state index contributed by atoms with van der Waals surface area (Å²) < 4.78 is 5.25. The van der Waals surface area contributed by atoms with Gasteiger partial charge in [0.15, 0.2) is 0 Å². The molecule has 5 nitrogen and oxygen atoms in total. The first kappa shape index (κ1) is 16.2. The lowest BCUT2D eigenvalue weighted by Crippen LogP contribution is -2.05. The first-order chi connectivity index (χ1) is 11.1. The number of hydrogen-bond donors (Lipinski definition) is 0. The lowest BCUT2D eigenvalue weighted by Gasteiger charge is -2.05. The summed E-state index contributed by atoms with van der Waals surface area (Å²) in [5.74, 6) is -0.273. The predicted octanol–water partition coefficient (Wildman–Crippen LogP) is 3.94. The van der Waals surface area contributed by atoms with Crippen LogP contribution >= 0.6 is 0 Å². The number of nitro groups is 1. The molecule has 0 amide bonds. The first-order valence-electron chi connectivity index (χ1n) is 6.93. The number of rotatable bonds is 5. The molecule has 0 aliphatic carbocycles. The zero-order valence-electron chi connectivity index (χ0n) is 12.5. The van der Waals surface area contributed by atoms with Crippen LogP contribution in [-0.2, 0) is 4.79 Å². The smallest absolute Gasteiger partial charge is 0.336 e. The molecule has 2 aromatic rings. The Bertz CT molecular complexity index is 764. The van der Waals surface area contributed by atoms with Gasteiger partial charge in [0.25, 0.3) is 0 Å². The summed E-state index contributed by atoms with van der Waals surface area (Å²) in [6, 6.07) is 16.0. The van der Waals surface area contributed by atoms with Crippen molar-refractivity contribution >= 4 is 18.1 Å². The Balaban J connectivity index is 2.14. The van der Waals surface area contributed by atoms with E-state index in [-0.39, 0.29) is 11.4 Å². The zero-order chi connectivity index (χ0) is 16.7. The topological polar surface area (TPSA) is 69.4 Å². The third-order valence-corrected chi connectivity index (χ3v) is 2.99. The highest BCUT2D eigenvalue weighted by atomic mass is 16.6. The number of para-hydroxylation sites is 1. The Morgan fingerprint density at radius 2 is 1.74 bits per heavy atom. The highest BCUT2D eigenvalue weighted by molar-refractivity contribution is 5.89. The van der Waals surface area contributed by atoms with Crippen LogP contribution in [0.5, 0.6) is 5.75 Å². The Kier molecular flexibility index (Phi) is 5.41. The van der Waals surface area contributed by atoms with Crippen molar-refractivity contribution in [3.63, 3.8) is 0 Å². The minimum atomic E-state index is -0.548. The van der Waals surface area contributed by atoms with Crippen LogP contribution in [-0.4, -0.2) is 10.9 Å². The number of nitrogens with zero attached hydrogens (tertiary/aromatic N) is 1. The molecule has 23 heavy (non-hydrogen) atoms. The number of benzene rings is 2. The van der Waals surface area contributed by atoms with E-state index in [1.165, 1.54) is 19.1 Å². The first-order valence-corrected chi connectivity index (χ1v) is 6.93. The molecule has 2 aromatic carbocycles. The molecule has 0 N–H and O–H groups in total. The van der Waals surface area contributed by atoms with Gasteiger partial charge in [0, 0.05) is 24.6 Å². The van der Waals surface area contributed by atoms with Crippen molar-refractivity contribution < 1.29 is 14.5 Å². The minimum Gasteiger partial charge on any atom is -0.423 e. The van der Waals surface area contributed by atoms with Gasteiger partial charge in [0.1, 0.15) is 5.75 Å². The van der Waals surface area contributed by atoms with Crippen molar-refractivity contribution in [2.75, 3.05) is 0 Å². The van der Waals surface area contributed by atoms with Crippen LogP contribution in [0.15, 0.2) is 66.4 Å². The molecular weight excluding hydrogens is 294 g/mol. The number of ether oxygens (including phenoxy) is 1. The predicted molar refractivity (Wildman–Crippen MR) is 88.2 cm³/mol. The van der Waals surface area contributed by atoms with Gasteiger partial charge in [-0.1, -0.05) is 48.5 Å². The Hall–Kier alpha value is -3.21. The van der Waals surface area contributed by atoms with E-state index < -0.39 is 10.9 Å². The van der Waals surface area contributed by atoms with Crippen LogP contribution in [0.3, 0.4) is 0 Å². The van der Waals surface area contributed by atoms with E-state index in [4.69, 9.17) is 4.74 Å². The summed E-state index contributed by atoms with van der Waals surface area (Å²) >= 11 is 0. The SMILES string of the molecule is C/C(=C\c1ccccc1OC(=O)/C=C/c1ccccc1)[N+](=O)[O-]. The van der Waals surface area contributed by atoms with E-state index in [9.17, 15) is 14.9 Å². The average Bonchev–Trinajstić information content (AvgIpc) is 2.55. The van der Waals surface area contributed by atoms with Gasteiger partial charge in [-0.15, -0.1) is 0 Å². The Labute approximate surface area is 133 Å². The van der Waals surface area contributed by atoms with E-state index in [2.05, 4.69) is 0 Å². The van der Waals surface area contributed by atoms with E-state index in [1.54, 1.807) is 30.3 Å². The second-order valence-electron chi connectivity index (χ2n) is 4.75. The Morgan fingerprint density at radius 3 is 2.43 bits per heavy atom. The second-order valence-corrected chi connectivity index (χ2v) is 4.75. The van der Waals surface area contributed by atoms with Crippen molar-refractivity contribution in [2.24, 2.45) is 0 Å². The highest BCUT2D eigenvalue weighted by Crippen LogP contribution is 2.21. The van der Waals surface area contributed by atoms with Gasteiger partial charge in [-0.2, -0.15) is 0 Å². The largest absolute Gasteiger partial charge is 0.423 e. The maximum absolute atomic E-state index is 11.9. The summed E-state index contributed by atoms with van der Waals surface area (Å²) in [7, 11) is 0. The van der Waals surface area contributed by atoms with Gasteiger partial charge in [-0.25, -0.2) is 4.79 Å².